The molecule has 1 heterocycles. The molecule has 4 nitrogen and oxygen atoms in total. The van der Waals surface area contributed by atoms with Crippen LogP contribution in [0.4, 0.5) is 0 Å². The normalized spacial score (nSPS) is 14.5. The Balaban J connectivity index is 1.35. The van der Waals surface area contributed by atoms with Gasteiger partial charge < -0.3 is 10.1 Å². The van der Waals surface area contributed by atoms with Gasteiger partial charge in [-0.1, -0.05) is 62.1 Å². The van der Waals surface area contributed by atoms with E-state index in [0.29, 0.717) is 13.0 Å². The van der Waals surface area contributed by atoms with Gasteiger partial charge in [0, 0.05) is 18.0 Å². The lowest BCUT2D eigenvalue weighted by Gasteiger charge is -2.20. The van der Waals surface area contributed by atoms with Crippen LogP contribution in [0.15, 0.2) is 36.5 Å². The van der Waals surface area contributed by atoms with E-state index in [2.05, 4.69) is 22.1 Å². The fraction of sp³-hybridized carbons (Fsp3) is 0.455. The van der Waals surface area contributed by atoms with Crippen LogP contribution in [-0.4, -0.2) is 24.0 Å². The predicted octanol–water partition coefficient (Wildman–Crippen LogP) is 4.09. The summed E-state index contributed by atoms with van der Waals surface area (Å²) in [5.41, 5.74) is 0.841. The third-order valence-electron chi connectivity index (χ3n) is 4.90. The number of hydrogen-bond acceptors (Lipinski definition) is 3. The van der Waals surface area contributed by atoms with Gasteiger partial charge in [0.05, 0.1) is 6.54 Å². The topological polar surface area (TPSA) is 51.2 Å². The summed E-state index contributed by atoms with van der Waals surface area (Å²) in [5, 5.41) is 3.91. The molecular formula is C22H26N2O2. The molecule has 4 heteroatoms. The number of para-hydroxylation sites is 1. The lowest BCUT2D eigenvalue weighted by molar-refractivity contribution is -0.121. The molecule has 1 amide bonds. The second-order valence-corrected chi connectivity index (χ2v) is 6.79. The molecule has 1 aromatic carbocycles. The van der Waals surface area contributed by atoms with Gasteiger partial charge in [-0.3, -0.25) is 9.78 Å². The van der Waals surface area contributed by atoms with Crippen molar-refractivity contribution in [3.63, 3.8) is 0 Å². The first-order valence-electron chi connectivity index (χ1n) is 9.52. The molecule has 0 aliphatic heterocycles. The van der Waals surface area contributed by atoms with Gasteiger partial charge in [0.15, 0.2) is 0 Å². The van der Waals surface area contributed by atoms with Crippen molar-refractivity contribution in [1.29, 1.82) is 0 Å². The van der Waals surface area contributed by atoms with Gasteiger partial charge in [-0.05, 0) is 24.5 Å². The van der Waals surface area contributed by atoms with Gasteiger partial charge in [0.2, 0.25) is 5.91 Å². The van der Waals surface area contributed by atoms with Gasteiger partial charge in [0.25, 0.3) is 0 Å². The van der Waals surface area contributed by atoms with Gasteiger partial charge in [-0.2, -0.15) is 0 Å². The number of nitrogens with one attached hydrogen (secondary N) is 1. The average Bonchev–Trinajstić information content (AvgIpc) is 2.70. The van der Waals surface area contributed by atoms with E-state index in [1.807, 2.05) is 30.3 Å². The second-order valence-electron chi connectivity index (χ2n) is 6.79. The molecule has 26 heavy (non-hydrogen) atoms. The Morgan fingerprint density at radius 3 is 2.88 bits per heavy atom. The molecule has 0 radical (unpaired) electrons. The average molecular weight is 350 g/mol. The standard InChI is InChI=1S/C22H26N2O2/c25-21(14-13-18-8-2-1-3-9-18)23-15-4-5-17-26-20-12-6-10-19-11-7-16-24-22(19)20/h6-7,10-12,16,18H,1-3,8-9,13-15,17H2,(H,23,25). The van der Waals surface area contributed by atoms with Gasteiger partial charge in [-0.15, -0.1) is 0 Å². The number of amides is 1. The number of ether oxygens (including phenoxy) is 1. The van der Waals surface area contributed by atoms with Crippen LogP contribution >= 0.6 is 0 Å². The monoisotopic (exact) mass is 350 g/mol. The van der Waals surface area contributed by atoms with Gasteiger partial charge in [0.1, 0.15) is 17.9 Å². The first-order valence-corrected chi connectivity index (χ1v) is 9.52. The molecule has 0 spiro atoms. The molecule has 0 atom stereocenters. The van der Waals surface area contributed by atoms with E-state index in [1.54, 1.807) is 6.20 Å². The molecular weight excluding hydrogens is 324 g/mol. The number of pyridine rings is 1. The SMILES string of the molecule is O=C(CCC1CCCCC1)NCC#CCOc1cccc2cccnc12. The Labute approximate surface area is 155 Å². The number of fused-ring (bicyclic) bond motifs is 1. The van der Waals surface area contributed by atoms with Crippen molar-refractivity contribution >= 4 is 16.8 Å². The molecule has 136 valence electrons. The van der Waals surface area contributed by atoms with Crippen molar-refractivity contribution in [2.45, 2.75) is 44.9 Å². The fourth-order valence-electron chi connectivity index (χ4n) is 3.46. The molecule has 1 N–H and O–H groups in total. The zero-order valence-electron chi connectivity index (χ0n) is 15.2. The van der Waals surface area contributed by atoms with E-state index in [4.69, 9.17) is 4.74 Å². The van der Waals surface area contributed by atoms with Gasteiger partial charge in [-0.25, -0.2) is 0 Å². The minimum atomic E-state index is 0.101. The third-order valence-corrected chi connectivity index (χ3v) is 4.90. The fourth-order valence-corrected chi connectivity index (χ4v) is 3.46. The summed E-state index contributed by atoms with van der Waals surface area (Å²) in [5.74, 6) is 7.46. The molecule has 1 saturated carbocycles. The van der Waals surface area contributed by atoms with E-state index >= 15 is 0 Å². The van der Waals surface area contributed by atoms with E-state index in [9.17, 15) is 4.79 Å². The first kappa shape index (κ1) is 18.3. The summed E-state index contributed by atoms with van der Waals surface area (Å²) in [6.07, 6.45) is 9.95. The van der Waals surface area contributed by atoms with Crippen molar-refractivity contribution in [3.8, 4) is 17.6 Å². The molecule has 1 aliphatic carbocycles. The van der Waals surface area contributed by atoms with Crippen molar-refractivity contribution in [1.82, 2.24) is 10.3 Å². The predicted molar refractivity (Wildman–Crippen MR) is 104 cm³/mol. The summed E-state index contributed by atoms with van der Waals surface area (Å²) in [6, 6.07) is 9.75. The van der Waals surface area contributed by atoms with Crippen LogP contribution in [0.25, 0.3) is 10.9 Å². The largest absolute Gasteiger partial charge is 0.479 e. The number of rotatable bonds is 6. The Morgan fingerprint density at radius 2 is 2.00 bits per heavy atom. The van der Waals surface area contributed by atoms with Gasteiger partial charge >= 0.3 is 0 Å². The Bertz CT molecular complexity index is 780. The number of benzene rings is 1. The lowest BCUT2D eigenvalue weighted by atomic mass is 9.86. The third kappa shape index (κ3) is 5.49. The van der Waals surface area contributed by atoms with Crippen LogP contribution in [0.3, 0.4) is 0 Å². The van der Waals surface area contributed by atoms with Crippen molar-refractivity contribution < 1.29 is 9.53 Å². The Kier molecular flexibility index (Phi) is 6.89. The molecule has 1 aromatic heterocycles. The molecule has 1 fully saturated rings. The van der Waals surface area contributed by atoms with E-state index in [-0.39, 0.29) is 12.5 Å². The number of aromatic nitrogens is 1. The first-order chi connectivity index (χ1) is 12.8. The minimum absolute atomic E-state index is 0.101. The van der Waals surface area contributed by atoms with Crippen molar-refractivity contribution in [2.24, 2.45) is 5.92 Å². The minimum Gasteiger partial charge on any atom is -0.479 e. The quantitative estimate of drug-likeness (QED) is 0.798. The maximum Gasteiger partial charge on any atom is 0.220 e. The number of hydrogen-bond donors (Lipinski definition) is 1. The highest BCUT2D eigenvalue weighted by atomic mass is 16.5. The van der Waals surface area contributed by atoms with Crippen molar-refractivity contribution in [3.05, 3.63) is 36.5 Å². The lowest BCUT2D eigenvalue weighted by Crippen LogP contribution is -2.24. The van der Waals surface area contributed by atoms with Crippen LogP contribution in [0.1, 0.15) is 44.9 Å². The highest BCUT2D eigenvalue weighted by Crippen LogP contribution is 2.27. The molecule has 0 unspecified atom stereocenters. The summed E-state index contributed by atoms with van der Waals surface area (Å²) in [4.78, 5) is 16.2. The van der Waals surface area contributed by atoms with Crippen LogP contribution in [0.5, 0.6) is 5.75 Å². The summed E-state index contributed by atoms with van der Waals surface area (Å²) >= 11 is 0. The maximum absolute atomic E-state index is 11.9. The van der Waals surface area contributed by atoms with Crippen LogP contribution in [0, 0.1) is 17.8 Å². The molecule has 0 saturated heterocycles. The zero-order chi connectivity index (χ0) is 18.0. The highest BCUT2D eigenvalue weighted by Gasteiger charge is 2.14. The smallest absolute Gasteiger partial charge is 0.220 e. The molecule has 3 rings (SSSR count). The number of carbonyl (C=O) groups is 1. The van der Waals surface area contributed by atoms with E-state index in [1.165, 1.54) is 32.1 Å². The Morgan fingerprint density at radius 1 is 1.15 bits per heavy atom. The van der Waals surface area contributed by atoms with E-state index in [0.717, 1.165) is 29.0 Å². The highest BCUT2D eigenvalue weighted by molar-refractivity contribution is 5.84. The molecule has 1 aliphatic rings. The zero-order valence-corrected chi connectivity index (χ0v) is 15.2. The van der Waals surface area contributed by atoms with Crippen LogP contribution in [0.2, 0.25) is 0 Å². The second kappa shape index (κ2) is 9.82. The molecule has 2 aromatic rings. The van der Waals surface area contributed by atoms with Crippen LogP contribution < -0.4 is 10.1 Å². The molecule has 0 bridgehead atoms. The maximum atomic E-state index is 11.9. The van der Waals surface area contributed by atoms with Crippen molar-refractivity contribution in [2.75, 3.05) is 13.2 Å². The number of carbonyl (C=O) groups excluding carboxylic acids is 1. The Hall–Kier alpha value is -2.54. The summed E-state index contributed by atoms with van der Waals surface area (Å²) in [7, 11) is 0. The van der Waals surface area contributed by atoms with Crippen LogP contribution in [-0.2, 0) is 4.79 Å². The number of nitrogens with zero attached hydrogens (tertiary/aromatic N) is 1. The summed E-state index contributed by atoms with van der Waals surface area (Å²) in [6.45, 7) is 0.661. The van der Waals surface area contributed by atoms with E-state index < -0.39 is 0 Å². The summed E-state index contributed by atoms with van der Waals surface area (Å²) < 4.78 is 5.70.